The minimum atomic E-state index is -4.12. The van der Waals surface area contributed by atoms with Crippen molar-refractivity contribution in [3.63, 3.8) is 0 Å². The van der Waals surface area contributed by atoms with Gasteiger partial charge in [-0.05, 0) is 55.7 Å². The number of aryl methyl sites for hydroxylation is 1. The second-order valence-electron chi connectivity index (χ2n) is 9.09. The standard InChI is InChI=1S/C29H34ClN3O4S/c1-4-5-18-31-29(35)23(3)32(20-24-12-8-6-9-13-24)28(34)21-33(25-17-16-22(2)27(30)19-25)38(36,37)26-14-10-7-11-15-26/h6-17,19,23H,4-5,18,20-21H2,1-3H3,(H,31,35)/t23-/m1/s1. The Morgan fingerprint density at radius 3 is 2.21 bits per heavy atom. The maximum Gasteiger partial charge on any atom is 0.264 e. The Bertz CT molecular complexity index is 1330. The predicted molar refractivity (Wildman–Crippen MR) is 152 cm³/mol. The molecule has 0 fully saturated rings. The Kier molecular flexibility index (Phi) is 10.3. The predicted octanol–water partition coefficient (Wildman–Crippen LogP) is 5.18. The molecule has 0 spiro atoms. The number of carbonyl (C=O) groups is 2. The first-order chi connectivity index (χ1) is 18.1. The summed E-state index contributed by atoms with van der Waals surface area (Å²) in [5, 5.41) is 3.26. The fourth-order valence-corrected chi connectivity index (χ4v) is 5.49. The third-order valence-electron chi connectivity index (χ3n) is 6.25. The number of sulfonamides is 1. The van der Waals surface area contributed by atoms with Crippen molar-refractivity contribution in [3.8, 4) is 0 Å². The van der Waals surface area contributed by atoms with Crippen molar-refractivity contribution in [2.24, 2.45) is 0 Å². The zero-order valence-electron chi connectivity index (χ0n) is 21.9. The molecular formula is C29H34ClN3O4S. The lowest BCUT2D eigenvalue weighted by Gasteiger charge is -2.32. The summed E-state index contributed by atoms with van der Waals surface area (Å²) in [7, 11) is -4.12. The van der Waals surface area contributed by atoms with Gasteiger partial charge in [-0.3, -0.25) is 13.9 Å². The van der Waals surface area contributed by atoms with E-state index in [4.69, 9.17) is 11.6 Å². The van der Waals surface area contributed by atoms with Crippen molar-refractivity contribution in [1.82, 2.24) is 10.2 Å². The highest BCUT2D eigenvalue weighted by atomic mass is 35.5. The summed E-state index contributed by atoms with van der Waals surface area (Å²) in [5.74, 6) is -0.804. The summed E-state index contributed by atoms with van der Waals surface area (Å²) in [5.41, 5.74) is 1.87. The molecule has 0 unspecified atom stereocenters. The fourth-order valence-electron chi connectivity index (χ4n) is 3.88. The van der Waals surface area contributed by atoms with Crippen molar-refractivity contribution in [3.05, 3.63) is 95.0 Å². The van der Waals surface area contributed by atoms with Crippen LogP contribution in [-0.2, 0) is 26.2 Å². The second kappa shape index (κ2) is 13.4. The van der Waals surface area contributed by atoms with Crippen molar-refractivity contribution >= 4 is 39.1 Å². The summed E-state index contributed by atoms with van der Waals surface area (Å²) < 4.78 is 28.6. The topological polar surface area (TPSA) is 86.8 Å². The zero-order valence-corrected chi connectivity index (χ0v) is 23.5. The smallest absolute Gasteiger partial charge is 0.264 e. The minimum absolute atomic E-state index is 0.0458. The molecule has 0 aliphatic rings. The number of rotatable bonds is 12. The molecule has 0 saturated heterocycles. The van der Waals surface area contributed by atoms with Gasteiger partial charge in [0.05, 0.1) is 10.6 Å². The molecule has 0 heterocycles. The van der Waals surface area contributed by atoms with Gasteiger partial charge < -0.3 is 10.2 Å². The van der Waals surface area contributed by atoms with Gasteiger partial charge in [0.1, 0.15) is 12.6 Å². The Balaban J connectivity index is 1.99. The molecule has 1 atom stereocenters. The van der Waals surface area contributed by atoms with E-state index in [1.165, 1.54) is 23.1 Å². The van der Waals surface area contributed by atoms with Crippen molar-refractivity contribution in [1.29, 1.82) is 0 Å². The van der Waals surface area contributed by atoms with Gasteiger partial charge in [0.15, 0.2) is 0 Å². The van der Waals surface area contributed by atoms with Gasteiger partial charge in [-0.25, -0.2) is 8.42 Å². The number of nitrogens with one attached hydrogen (secondary N) is 1. The van der Waals surface area contributed by atoms with Crippen LogP contribution in [0.1, 0.15) is 37.8 Å². The molecule has 38 heavy (non-hydrogen) atoms. The third-order valence-corrected chi connectivity index (χ3v) is 8.44. The Morgan fingerprint density at radius 2 is 1.61 bits per heavy atom. The zero-order chi connectivity index (χ0) is 27.7. The Hall–Kier alpha value is -3.36. The average Bonchev–Trinajstić information content (AvgIpc) is 2.92. The maximum absolute atomic E-state index is 13.8. The number of anilines is 1. The number of unbranched alkanes of at least 4 members (excludes halogenated alkanes) is 1. The number of hydrogen-bond donors (Lipinski definition) is 1. The lowest BCUT2D eigenvalue weighted by atomic mass is 10.1. The molecule has 0 aliphatic carbocycles. The molecule has 1 N–H and O–H groups in total. The number of benzene rings is 3. The number of nitrogens with zero attached hydrogens (tertiary/aromatic N) is 2. The molecule has 0 aromatic heterocycles. The molecule has 0 saturated carbocycles. The molecular weight excluding hydrogens is 522 g/mol. The normalized spacial score (nSPS) is 12.0. The molecule has 3 rings (SSSR count). The maximum atomic E-state index is 13.8. The lowest BCUT2D eigenvalue weighted by Crippen LogP contribution is -2.51. The average molecular weight is 556 g/mol. The van der Waals surface area contributed by atoms with E-state index >= 15 is 0 Å². The first kappa shape index (κ1) is 29.2. The number of halogens is 1. The SMILES string of the molecule is CCCCNC(=O)[C@@H](C)N(Cc1ccccc1)C(=O)CN(c1ccc(C)c(Cl)c1)S(=O)(=O)c1ccccc1. The van der Waals surface area contributed by atoms with Crippen LogP contribution in [0.4, 0.5) is 5.69 Å². The van der Waals surface area contributed by atoms with Gasteiger partial charge in [-0.2, -0.15) is 0 Å². The van der Waals surface area contributed by atoms with Crippen molar-refractivity contribution in [2.45, 2.75) is 51.1 Å². The van der Waals surface area contributed by atoms with Crippen LogP contribution in [0.25, 0.3) is 0 Å². The van der Waals surface area contributed by atoms with Gasteiger partial charge in [-0.15, -0.1) is 0 Å². The van der Waals surface area contributed by atoms with Gasteiger partial charge in [0.2, 0.25) is 11.8 Å². The van der Waals surface area contributed by atoms with E-state index in [1.54, 1.807) is 37.3 Å². The monoisotopic (exact) mass is 555 g/mol. The van der Waals surface area contributed by atoms with Gasteiger partial charge in [-0.1, -0.05) is 79.5 Å². The van der Waals surface area contributed by atoms with E-state index < -0.39 is 28.5 Å². The highest BCUT2D eigenvalue weighted by Gasteiger charge is 2.32. The second-order valence-corrected chi connectivity index (χ2v) is 11.4. The van der Waals surface area contributed by atoms with Gasteiger partial charge in [0.25, 0.3) is 10.0 Å². The van der Waals surface area contributed by atoms with E-state index in [-0.39, 0.29) is 23.0 Å². The number of amides is 2. The highest BCUT2D eigenvalue weighted by Crippen LogP contribution is 2.28. The van der Waals surface area contributed by atoms with Crippen LogP contribution >= 0.6 is 11.6 Å². The Morgan fingerprint density at radius 1 is 0.974 bits per heavy atom. The molecule has 9 heteroatoms. The Labute approximate surface area is 230 Å². The molecule has 3 aromatic rings. The summed E-state index contributed by atoms with van der Waals surface area (Å²) in [6, 6.07) is 21.3. The van der Waals surface area contributed by atoms with E-state index in [0.717, 1.165) is 28.3 Å². The molecule has 2 amide bonds. The van der Waals surface area contributed by atoms with Crippen molar-refractivity contribution < 1.29 is 18.0 Å². The quantitative estimate of drug-likeness (QED) is 0.312. The van der Waals surface area contributed by atoms with Crippen LogP contribution in [0.5, 0.6) is 0 Å². The van der Waals surface area contributed by atoms with Crippen LogP contribution < -0.4 is 9.62 Å². The molecule has 0 radical (unpaired) electrons. The number of hydrogen-bond acceptors (Lipinski definition) is 4. The lowest BCUT2D eigenvalue weighted by molar-refractivity contribution is -0.139. The van der Waals surface area contributed by atoms with Gasteiger partial charge in [0, 0.05) is 18.1 Å². The van der Waals surface area contributed by atoms with E-state index in [0.29, 0.717) is 11.6 Å². The van der Waals surface area contributed by atoms with Crippen LogP contribution in [0.2, 0.25) is 5.02 Å². The molecule has 3 aromatic carbocycles. The van der Waals surface area contributed by atoms with E-state index in [9.17, 15) is 18.0 Å². The summed E-state index contributed by atoms with van der Waals surface area (Å²) in [4.78, 5) is 28.3. The summed E-state index contributed by atoms with van der Waals surface area (Å²) in [6.45, 7) is 5.64. The first-order valence-corrected chi connectivity index (χ1v) is 14.4. The molecule has 7 nitrogen and oxygen atoms in total. The van der Waals surface area contributed by atoms with Crippen LogP contribution in [0, 0.1) is 6.92 Å². The molecule has 202 valence electrons. The largest absolute Gasteiger partial charge is 0.354 e. The molecule has 0 aliphatic heterocycles. The third kappa shape index (κ3) is 7.36. The highest BCUT2D eigenvalue weighted by molar-refractivity contribution is 7.92. The number of carbonyl (C=O) groups excluding carboxylic acids is 2. The summed E-state index contributed by atoms with van der Waals surface area (Å²) in [6.07, 6.45) is 1.75. The van der Waals surface area contributed by atoms with Gasteiger partial charge >= 0.3 is 0 Å². The van der Waals surface area contributed by atoms with Crippen LogP contribution in [-0.4, -0.2) is 44.3 Å². The summed E-state index contributed by atoms with van der Waals surface area (Å²) >= 11 is 6.34. The van der Waals surface area contributed by atoms with Crippen LogP contribution in [0.15, 0.2) is 83.8 Å². The first-order valence-electron chi connectivity index (χ1n) is 12.6. The van der Waals surface area contributed by atoms with E-state index in [1.807, 2.05) is 44.2 Å². The van der Waals surface area contributed by atoms with Crippen molar-refractivity contribution in [2.75, 3.05) is 17.4 Å². The van der Waals surface area contributed by atoms with Crippen LogP contribution in [0.3, 0.4) is 0 Å². The fraction of sp³-hybridized carbons (Fsp3) is 0.310. The molecule has 0 bridgehead atoms. The minimum Gasteiger partial charge on any atom is -0.354 e. The van der Waals surface area contributed by atoms with E-state index in [2.05, 4.69) is 5.32 Å².